The number of hydrogen-bond acceptors (Lipinski definition) is 5. The molecule has 172 valence electrons. The lowest BCUT2D eigenvalue weighted by Gasteiger charge is -2.38. The lowest BCUT2D eigenvalue weighted by atomic mass is 10.0. The van der Waals surface area contributed by atoms with Crippen LogP contribution in [0.25, 0.3) is 0 Å². The van der Waals surface area contributed by atoms with E-state index in [0.717, 1.165) is 0 Å². The van der Waals surface area contributed by atoms with Crippen molar-refractivity contribution in [2.24, 2.45) is 0 Å². The summed E-state index contributed by atoms with van der Waals surface area (Å²) in [5, 5.41) is 3.27. The average Bonchev–Trinajstić information content (AvgIpc) is 2.82. The van der Waals surface area contributed by atoms with Gasteiger partial charge in [0.15, 0.2) is 0 Å². The molecular weight excluding hydrogens is 445 g/mol. The number of rotatable bonds is 7. The monoisotopic (exact) mass is 469 g/mol. The fourth-order valence-electron chi connectivity index (χ4n) is 3.88. The third kappa shape index (κ3) is 5.87. The van der Waals surface area contributed by atoms with Crippen LogP contribution in [0.3, 0.4) is 0 Å². The number of halogens is 2. The van der Waals surface area contributed by atoms with Crippen LogP contribution in [-0.4, -0.2) is 48.1 Å². The number of pyridine rings is 1. The van der Waals surface area contributed by atoms with Gasteiger partial charge in [0.05, 0.1) is 24.9 Å². The van der Waals surface area contributed by atoms with Gasteiger partial charge in [-0.05, 0) is 55.5 Å². The van der Waals surface area contributed by atoms with Crippen molar-refractivity contribution in [3.8, 4) is 11.5 Å². The van der Waals surface area contributed by atoms with Gasteiger partial charge < -0.3 is 14.8 Å². The third-order valence-corrected chi connectivity index (χ3v) is 5.82. The van der Waals surface area contributed by atoms with E-state index in [1.54, 1.807) is 60.9 Å². The molecule has 33 heavy (non-hydrogen) atoms. The standard InChI is InChI=1S/C25H25ClFN3O3/c1-17-16-30(12-13-32-17)23(24-21(26)5-2-6-22(24)27)15-29-25(31)18-7-9-19(10-8-18)33-20-4-3-11-28-14-20/h2-11,14,17,23H,12-13,15-16H2,1H3,(H,29,31). The molecule has 6 nitrogen and oxygen atoms in total. The van der Waals surface area contributed by atoms with E-state index in [4.69, 9.17) is 21.1 Å². The van der Waals surface area contributed by atoms with Crippen molar-refractivity contribution in [3.05, 3.63) is 89.0 Å². The van der Waals surface area contributed by atoms with Crippen LogP contribution in [0.1, 0.15) is 28.9 Å². The molecule has 1 N–H and O–H groups in total. The maximum absolute atomic E-state index is 14.8. The molecule has 1 amide bonds. The second-order valence-electron chi connectivity index (χ2n) is 7.85. The summed E-state index contributed by atoms with van der Waals surface area (Å²) < 4.78 is 26.1. The lowest BCUT2D eigenvalue weighted by Crippen LogP contribution is -2.47. The summed E-state index contributed by atoms with van der Waals surface area (Å²) in [5.74, 6) is 0.552. The highest BCUT2D eigenvalue weighted by Crippen LogP contribution is 2.31. The van der Waals surface area contributed by atoms with Crippen molar-refractivity contribution < 1.29 is 18.7 Å². The van der Waals surface area contributed by atoms with Gasteiger partial charge in [0.25, 0.3) is 5.91 Å². The van der Waals surface area contributed by atoms with Crippen LogP contribution >= 0.6 is 11.6 Å². The number of nitrogens with one attached hydrogen (secondary N) is 1. The molecule has 2 aromatic carbocycles. The molecule has 1 saturated heterocycles. The molecule has 1 aromatic heterocycles. The Labute approximate surface area is 197 Å². The second kappa shape index (κ2) is 10.7. The maximum atomic E-state index is 14.8. The number of carbonyl (C=O) groups is 1. The molecule has 1 fully saturated rings. The molecule has 0 radical (unpaired) electrons. The van der Waals surface area contributed by atoms with E-state index < -0.39 is 11.9 Å². The van der Waals surface area contributed by atoms with Crippen LogP contribution in [0, 0.1) is 5.82 Å². The molecule has 0 spiro atoms. The number of aromatic nitrogens is 1. The Balaban J connectivity index is 1.46. The van der Waals surface area contributed by atoms with Gasteiger partial charge in [0.2, 0.25) is 0 Å². The molecule has 3 aromatic rings. The zero-order valence-corrected chi connectivity index (χ0v) is 19.0. The predicted molar refractivity (Wildman–Crippen MR) is 124 cm³/mol. The van der Waals surface area contributed by atoms with Crippen LogP contribution in [0.5, 0.6) is 11.5 Å². The first-order valence-corrected chi connectivity index (χ1v) is 11.1. The van der Waals surface area contributed by atoms with E-state index in [9.17, 15) is 9.18 Å². The van der Waals surface area contributed by atoms with Crippen molar-refractivity contribution in [3.63, 3.8) is 0 Å². The summed E-state index contributed by atoms with van der Waals surface area (Å²) in [6, 6.07) is 14.6. The summed E-state index contributed by atoms with van der Waals surface area (Å²) >= 11 is 6.37. The largest absolute Gasteiger partial charge is 0.456 e. The first kappa shape index (κ1) is 23.2. The molecule has 2 atom stereocenters. The first-order valence-electron chi connectivity index (χ1n) is 10.8. The normalized spacial score (nSPS) is 17.4. The minimum Gasteiger partial charge on any atom is -0.456 e. The fourth-order valence-corrected chi connectivity index (χ4v) is 4.17. The quantitative estimate of drug-likeness (QED) is 0.535. The number of morpholine rings is 1. The van der Waals surface area contributed by atoms with Crippen LogP contribution in [0.4, 0.5) is 4.39 Å². The van der Waals surface area contributed by atoms with E-state index >= 15 is 0 Å². The van der Waals surface area contributed by atoms with Crippen LogP contribution in [0.15, 0.2) is 67.0 Å². The Morgan fingerprint density at radius 2 is 2.06 bits per heavy atom. The van der Waals surface area contributed by atoms with Gasteiger partial charge in [0.1, 0.15) is 17.3 Å². The minimum atomic E-state index is -0.415. The molecule has 1 aliphatic heterocycles. The van der Waals surface area contributed by atoms with E-state index in [1.165, 1.54) is 6.07 Å². The van der Waals surface area contributed by atoms with Crippen molar-refractivity contribution in [2.45, 2.75) is 19.1 Å². The van der Waals surface area contributed by atoms with Gasteiger partial charge in [-0.15, -0.1) is 0 Å². The Hall–Kier alpha value is -3.00. The topological polar surface area (TPSA) is 63.7 Å². The molecule has 8 heteroatoms. The number of hydrogen-bond donors (Lipinski definition) is 1. The fraction of sp³-hybridized carbons (Fsp3) is 0.280. The highest BCUT2D eigenvalue weighted by atomic mass is 35.5. The highest BCUT2D eigenvalue weighted by molar-refractivity contribution is 6.31. The molecule has 2 heterocycles. The lowest BCUT2D eigenvalue weighted by molar-refractivity contribution is -0.0346. The van der Waals surface area contributed by atoms with Gasteiger partial charge in [-0.3, -0.25) is 14.7 Å². The molecule has 1 aliphatic rings. The third-order valence-electron chi connectivity index (χ3n) is 5.49. The minimum absolute atomic E-state index is 0.00913. The maximum Gasteiger partial charge on any atom is 0.251 e. The van der Waals surface area contributed by atoms with Crippen molar-refractivity contribution in [2.75, 3.05) is 26.2 Å². The molecule has 2 unspecified atom stereocenters. The number of carbonyl (C=O) groups excluding carboxylic acids is 1. The SMILES string of the molecule is CC1CN(C(CNC(=O)c2ccc(Oc3cccnc3)cc2)c2c(F)cccc2Cl)CCO1. The first-order chi connectivity index (χ1) is 16.0. The summed E-state index contributed by atoms with van der Waals surface area (Å²) in [7, 11) is 0. The van der Waals surface area contributed by atoms with Crippen LogP contribution in [0.2, 0.25) is 5.02 Å². The molecule has 0 bridgehead atoms. The summed E-state index contributed by atoms with van der Waals surface area (Å²) in [5.41, 5.74) is 0.857. The zero-order valence-electron chi connectivity index (χ0n) is 18.2. The predicted octanol–water partition coefficient (Wildman–Crippen LogP) is 4.86. The number of nitrogens with zero attached hydrogens (tertiary/aromatic N) is 2. The Morgan fingerprint density at radius 1 is 1.24 bits per heavy atom. The number of benzene rings is 2. The van der Waals surface area contributed by atoms with Crippen LogP contribution < -0.4 is 10.1 Å². The average molecular weight is 470 g/mol. The van der Waals surface area contributed by atoms with Crippen molar-refractivity contribution in [1.29, 1.82) is 0 Å². The molecular formula is C25H25ClFN3O3. The van der Waals surface area contributed by atoms with Gasteiger partial charge in [-0.2, -0.15) is 0 Å². The molecule has 0 saturated carbocycles. The van der Waals surface area contributed by atoms with Crippen molar-refractivity contribution >= 4 is 17.5 Å². The smallest absolute Gasteiger partial charge is 0.251 e. The number of amides is 1. The van der Waals surface area contributed by atoms with Gasteiger partial charge in [-0.1, -0.05) is 17.7 Å². The van der Waals surface area contributed by atoms with E-state index in [-0.39, 0.29) is 18.6 Å². The zero-order chi connectivity index (χ0) is 23.2. The Bertz CT molecular complexity index is 1060. The second-order valence-corrected chi connectivity index (χ2v) is 8.26. The van der Waals surface area contributed by atoms with Gasteiger partial charge >= 0.3 is 0 Å². The van der Waals surface area contributed by atoms with Crippen molar-refractivity contribution in [1.82, 2.24) is 15.2 Å². The Kier molecular flexibility index (Phi) is 7.54. The van der Waals surface area contributed by atoms with E-state index in [2.05, 4.69) is 15.2 Å². The van der Waals surface area contributed by atoms with E-state index in [1.807, 2.05) is 6.92 Å². The number of ether oxygens (including phenoxy) is 2. The molecule has 0 aliphatic carbocycles. The highest BCUT2D eigenvalue weighted by Gasteiger charge is 2.29. The summed E-state index contributed by atoms with van der Waals surface area (Å²) in [6.07, 6.45) is 3.29. The van der Waals surface area contributed by atoms with Gasteiger partial charge in [0, 0.05) is 42.0 Å². The van der Waals surface area contributed by atoms with Crippen LogP contribution in [-0.2, 0) is 4.74 Å². The summed E-state index contributed by atoms with van der Waals surface area (Å²) in [4.78, 5) is 18.9. The van der Waals surface area contributed by atoms with E-state index in [0.29, 0.717) is 47.3 Å². The summed E-state index contributed by atoms with van der Waals surface area (Å²) in [6.45, 7) is 3.96. The van der Waals surface area contributed by atoms with Gasteiger partial charge in [-0.25, -0.2) is 4.39 Å². The Morgan fingerprint density at radius 3 is 2.76 bits per heavy atom. The molecule has 4 rings (SSSR count).